The standard InChI is InChI=1S/C21H22N4O3/c1-2-17(26)25(14-8-4-5-9-14)21-18(20(22)27)19(24-28-21)16-12-11-13-7-3-6-10-15(13)23-16/h3,6-7,10-12,14H,2,4-5,8-9H2,1H3,(H2,22,27). The number of para-hydroxylation sites is 1. The molecule has 2 heterocycles. The molecule has 1 saturated carbocycles. The highest BCUT2D eigenvalue weighted by molar-refractivity contribution is 6.06. The van der Waals surface area contributed by atoms with Crippen LogP contribution in [-0.4, -0.2) is 28.0 Å². The highest BCUT2D eigenvalue weighted by Crippen LogP contribution is 2.35. The lowest BCUT2D eigenvalue weighted by atomic mass is 10.1. The lowest BCUT2D eigenvalue weighted by molar-refractivity contribution is -0.119. The Hall–Kier alpha value is -3.22. The number of carbonyl (C=O) groups excluding carboxylic acids is 2. The highest BCUT2D eigenvalue weighted by Gasteiger charge is 2.35. The number of anilines is 1. The van der Waals surface area contributed by atoms with E-state index in [0.29, 0.717) is 12.1 Å². The molecule has 144 valence electrons. The summed E-state index contributed by atoms with van der Waals surface area (Å²) < 4.78 is 5.54. The van der Waals surface area contributed by atoms with Crippen LogP contribution in [0.3, 0.4) is 0 Å². The number of amides is 2. The molecule has 1 aliphatic carbocycles. The molecular weight excluding hydrogens is 356 g/mol. The number of nitrogens with two attached hydrogens (primary N) is 1. The molecule has 3 aromatic rings. The summed E-state index contributed by atoms with van der Waals surface area (Å²) in [7, 11) is 0. The third-order valence-electron chi connectivity index (χ3n) is 5.24. The van der Waals surface area contributed by atoms with Crippen LogP contribution in [0.4, 0.5) is 5.88 Å². The van der Waals surface area contributed by atoms with Crippen LogP contribution in [0.25, 0.3) is 22.3 Å². The first-order valence-electron chi connectivity index (χ1n) is 9.58. The minimum Gasteiger partial charge on any atom is -0.365 e. The number of hydrogen-bond donors (Lipinski definition) is 1. The Balaban J connectivity index is 1.84. The Bertz CT molecular complexity index is 1040. The average Bonchev–Trinajstić information content (AvgIpc) is 3.38. The molecular formula is C21H22N4O3. The maximum Gasteiger partial charge on any atom is 0.256 e. The maximum absolute atomic E-state index is 12.7. The minimum absolute atomic E-state index is 0.00378. The Labute approximate surface area is 162 Å². The number of nitrogens with zero attached hydrogens (tertiary/aromatic N) is 3. The molecule has 28 heavy (non-hydrogen) atoms. The van der Waals surface area contributed by atoms with Gasteiger partial charge in [-0.1, -0.05) is 49.2 Å². The van der Waals surface area contributed by atoms with Crippen LogP contribution >= 0.6 is 0 Å². The summed E-state index contributed by atoms with van der Waals surface area (Å²) in [6.07, 6.45) is 4.12. The minimum atomic E-state index is -0.687. The smallest absolute Gasteiger partial charge is 0.256 e. The number of carbonyl (C=O) groups is 2. The summed E-state index contributed by atoms with van der Waals surface area (Å²) in [5.41, 5.74) is 7.31. The normalized spacial score (nSPS) is 14.5. The lowest BCUT2D eigenvalue weighted by Crippen LogP contribution is -2.39. The molecule has 4 rings (SSSR count). The van der Waals surface area contributed by atoms with Gasteiger partial charge in [-0.3, -0.25) is 14.5 Å². The van der Waals surface area contributed by atoms with Crippen LogP contribution in [0, 0.1) is 0 Å². The van der Waals surface area contributed by atoms with Crippen LogP contribution in [0.2, 0.25) is 0 Å². The number of hydrogen-bond acceptors (Lipinski definition) is 5. The third-order valence-corrected chi connectivity index (χ3v) is 5.24. The molecule has 7 nitrogen and oxygen atoms in total. The fourth-order valence-corrected chi connectivity index (χ4v) is 3.86. The van der Waals surface area contributed by atoms with E-state index in [1.165, 1.54) is 0 Å². The molecule has 2 aromatic heterocycles. The second kappa shape index (κ2) is 7.42. The summed E-state index contributed by atoms with van der Waals surface area (Å²) in [5.74, 6) is -0.659. The second-order valence-electron chi connectivity index (χ2n) is 7.02. The van der Waals surface area contributed by atoms with Gasteiger partial charge in [0.15, 0.2) is 0 Å². The predicted octanol–water partition coefficient (Wildman–Crippen LogP) is 3.67. The molecule has 0 spiro atoms. The number of rotatable bonds is 5. The number of fused-ring (bicyclic) bond motifs is 1. The van der Waals surface area contributed by atoms with Gasteiger partial charge in [0.05, 0.1) is 11.2 Å². The van der Waals surface area contributed by atoms with Gasteiger partial charge in [0.25, 0.3) is 5.91 Å². The summed E-state index contributed by atoms with van der Waals surface area (Å²) in [6.45, 7) is 1.79. The van der Waals surface area contributed by atoms with Gasteiger partial charge in [-0.05, 0) is 25.0 Å². The Morgan fingerprint density at radius 2 is 1.93 bits per heavy atom. The Kier molecular flexibility index (Phi) is 4.81. The van der Waals surface area contributed by atoms with Crippen molar-refractivity contribution in [3.05, 3.63) is 42.0 Å². The fourth-order valence-electron chi connectivity index (χ4n) is 3.86. The molecule has 0 saturated heterocycles. The topological polar surface area (TPSA) is 102 Å². The molecule has 1 aromatic carbocycles. The van der Waals surface area contributed by atoms with Crippen LogP contribution in [0.5, 0.6) is 0 Å². The van der Waals surface area contributed by atoms with Crippen molar-refractivity contribution in [3.8, 4) is 11.4 Å². The van der Waals surface area contributed by atoms with Gasteiger partial charge in [-0.25, -0.2) is 4.98 Å². The zero-order valence-electron chi connectivity index (χ0n) is 15.7. The van der Waals surface area contributed by atoms with Crippen molar-refractivity contribution in [3.63, 3.8) is 0 Å². The monoisotopic (exact) mass is 378 g/mol. The SMILES string of the molecule is CCC(=O)N(c1onc(-c2ccc3ccccc3n2)c1C(N)=O)C1CCCC1. The highest BCUT2D eigenvalue weighted by atomic mass is 16.5. The van der Waals surface area contributed by atoms with Crippen molar-refractivity contribution in [2.45, 2.75) is 45.1 Å². The molecule has 0 radical (unpaired) electrons. The van der Waals surface area contributed by atoms with Crippen molar-refractivity contribution < 1.29 is 14.1 Å². The van der Waals surface area contributed by atoms with Crippen molar-refractivity contribution >= 4 is 28.6 Å². The number of primary amides is 1. The van der Waals surface area contributed by atoms with Gasteiger partial charge in [0.2, 0.25) is 11.8 Å². The van der Waals surface area contributed by atoms with Crippen LogP contribution in [0.1, 0.15) is 49.4 Å². The predicted molar refractivity (Wildman–Crippen MR) is 106 cm³/mol. The van der Waals surface area contributed by atoms with Gasteiger partial charge < -0.3 is 10.3 Å². The van der Waals surface area contributed by atoms with Crippen molar-refractivity contribution in [2.75, 3.05) is 4.90 Å². The van der Waals surface area contributed by atoms with Gasteiger partial charge >= 0.3 is 0 Å². The fraction of sp³-hybridized carbons (Fsp3) is 0.333. The molecule has 0 bridgehead atoms. The molecule has 0 aliphatic heterocycles. The molecule has 2 N–H and O–H groups in total. The molecule has 0 atom stereocenters. The van der Waals surface area contributed by atoms with Crippen LogP contribution in [0.15, 0.2) is 40.9 Å². The van der Waals surface area contributed by atoms with Gasteiger partial charge in [-0.15, -0.1) is 0 Å². The van der Waals surface area contributed by atoms with Crippen molar-refractivity contribution in [1.82, 2.24) is 10.1 Å². The molecule has 1 fully saturated rings. The Morgan fingerprint density at radius 1 is 1.18 bits per heavy atom. The van der Waals surface area contributed by atoms with E-state index in [1.54, 1.807) is 17.9 Å². The van der Waals surface area contributed by atoms with E-state index < -0.39 is 5.91 Å². The van der Waals surface area contributed by atoms with Crippen LogP contribution < -0.4 is 10.6 Å². The van der Waals surface area contributed by atoms with Crippen LogP contribution in [-0.2, 0) is 4.79 Å². The van der Waals surface area contributed by atoms with E-state index in [9.17, 15) is 9.59 Å². The first-order chi connectivity index (χ1) is 13.6. The summed E-state index contributed by atoms with van der Waals surface area (Å²) in [5, 5.41) is 5.07. The van der Waals surface area contributed by atoms with E-state index in [4.69, 9.17) is 10.3 Å². The molecule has 7 heteroatoms. The van der Waals surface area contributed by atoms with E-state index in [2.05, 4.69) is 10.1 Å². The van der Waals surface area contributed by atoms with E-state index in [-0.39, 0.29) is 29.1 Å². The number of benzene rings is 1. The molecule has 2 amide bonds. The zero-order chi connectivity index (χ0) is 19.7. The number of pyridine rings is 1. The summed E-state index contributed by atoms with van der Waals surface area (Å²) in [4.78, 5) is 31.2. The molecule has 0 unspecified atom stereocenters. The van der Waals surface area contributed by atoms with Crippen molar-refractivity contribution in [1.29, 1.82) is 0 Å². The maximum atomic E-state index is 12.7. The van der Waals surface area contributed by atoms with Gasteiger partial charge in [-0.2, -0.15) is 0 Å². The van der Waals surface area contributed by atoms with Gasteiger partial charge in [0, 0.05) is 17.8 Å². The van der Waals surface area contributed by atoms with E-state index >= 15 is 0 Å². The van der Waals surface area contributed by atoms with E-state index in [0.717, 1.165) is 36.6 Å². The van der Waals surface area contributed by atoms with E-state index in [1.807, 2.05) is 30.3 Å². The zero-order valence-corrected chi connectivity index (χ0v) is 15.7. The first kappa shape index (κ1) is 18.2. The average molecular weight is 378 g/mol. The van der Waals surface area contributed by atoms with Crippen molar-refractivity contribution in [2.24, 2.45) is 5.73 Å². The quantitative estimate of drug-likeness (QED) is 0.730. The molecule has 1 aliphatic rings. The second-order valence-corrected chi connectivity index (χ2v) is 7.02. The van der Waals surface area contributed by atoms with Gasteiger partial charge in [0.1, 0.15) is 11.3 Å². The summed E-state index contributed by atoms with van der Waals surface area (Å²) >= 11 is 0. The Morgan fingerprint density at radius 3 is 2.64 bits per heavy atom. The lowest BCUT2D eigenvalue weighted by Gasteiger charge is -2.26. The third kappa shape index (κ3) is 3.13. The first-order valence-corrected chi connectivity index (χ1v) is 9.58. The number of aromatic nitrogens is 2. The largest absolute Gasteiger partial charge is 0.365 e. The summed E-state index contributed by atoms with van der Waals surface area (Å²) in [6, 6.07) is 11.3.